The molecule has 1 saturated carbocycles. The van der Waals surface area contributed by atoms with Gasteiger partial charge in [0.15, 0.2) is 0 Å². The first-order valence-electron chi connectivity index (χ1n) is 6.89. The maximum absolute atomic E-state index is 12.7. The Hall–Kier alpha value is -1.90. The number of benzene rings is 2. The van der Waals surface area contributed by atoms with Crippen LogP contribution in [-0.4, -0.2) is 25.3 Å². The van der Waals surface area contributed by atoms with Crippen LogP contribution in [0.15, 0.2) is 47.4 Å². The van der Waals surface area contributed by atoms with E-state index in [1.165, 1.54) is 11.4 Å². The zero-order chi connectivity index (χ0) is 15.1. The summed E-state index contributed by atoms with van der Waals surface area (Å²) < 4.78 is 26.7. The largest absolute Gasteiger partial charge is 0.244 e. The highest BCUT2D eigenvalue weighted by atomic mass is 32.2. The minimum absolute atomic E-state index is 0.241. The number of rotatable bonds is 3. The third kappa shape index (κ3) is 2.11. The molecule has 0 amide bonds. The number of sulfonamides is 1. The highest BCUT2D eigenvalue weighted by Crippen LogP contribution is 2.39. The molecule has 0 atom stereocenters. The fourth-order valence-electron chi connectivity index (χ4n) is 2.72. The number of hydrogen-bond donors (Lipinski definition) is 0. The van der Waals surface area contributed by atoms with Gasteiger partial charge in [-0.2, -0.15) is 9.57 Å². The first-order valence-corrected chi connectivity index (χ1v) is 8.33. The van der Waals surface area contributed by atoms with Gasteiger partial charge in [0.1, 0.15) is 5.54 Å². The highest BCUT2D eigenvalue weighted by Gasteiger charge is 2.46. The van der Waals surface area contributed by atoms with Gasteiger partial charge in [0.2, 0.25) is 10.0 Å². The van der Waals surface area contributed by atoms with Gasteiger partial charge in [0.25, 0.3) is 0 Å². The van der Waals surface area contributed by atoms with E-state index >= 15 is 0 Å². The SMILES string of the molecule is CN(C1(C#N)CCC1)S(=O)(=O)c1ccc2ccccc2c1. The zero-order valence-electron chi connectivity index (χ0n) is 11.8. The van der Waals surface area contributed by atoms with Crippen molar-refractivity contribution in [2.75, 3.05) is 7.05 Å². The molecular weight excluding hydrogens is 284 g/mol. The summed E-state index contributed by atoms with van der Waals surface area (Å²) >= 11 is 0. The Morgan fingerprint density at radius 3 is 2.38 bits per heavy atom. The lowest BCUT2D eigenvalue weighted by Crippen LogP contribution is -2.53. The summed E-state index contributed by atoms with van der Waals surface area (Å²) in [6.07, 6.45) is 2.10. The second-order valence-electron chi connectivity index (χ2n) is 5.48. The van der Waals surface area contributed by atoms with Gasteiger partial charge in [-0.25, -0.2) is 8.42 Å². The van der Waals surface area contributed by atoms with Crippen molar-refractivity contribution in [3.8, 4) is 6.07 Å². The molecule has 1 aliphatic rings. The molecule has 4 nitrogen and oxygen atoms in total. The molecule has 108 valence electrons. The summed E-state index contributed by atoms with van der Waals surface area (Å²) in [5.41, 5.74) is -0.871. The molecule has 1 fully saturated rings. The fourth-order valence-corrected chi connectivity index (χ4v) is 4.24. The molecule has 0 unspecified atom stereocenters. The van der Waals surface area contributed by atoms with Gasteiger partial charge in [-0.15, -0.1) is 0 Å². The molecule has 2 aromatic rings. The Labute approximate surface area is 124 Å². The van der Waals surface area contributed by atoms with Crippen molar-refractivity contribution in [2.45, 2.75) is 29.7 Å². The average molecular weight is 300 g/mol. The quantitative estimate of drug-likeness (QED) is 0.875. The van der Waals surface area contributed by atoms with Crippen LogP contribution >= 0.6 is 0 Å². The van der Waals surface area contributed by atoms with Gasteiger partial charge in [-0.3, -0.25) is 0 Å². The van der Waals surface area contributed by atoms with E-state index in [1.807, 2.05) is 24.3 Å². The number of fused-ring (bicyclic) bond motifs is 1. The van der Waals surface area contributed by atoms with Crippen LogP contribution < -0.4 is 0 Å². The molecule has 0 aromatic heterocycles. The van der Waals surface area contributed by atoms with Crippen molar-refractivity contribution >= 4 is 20.8 Å². The Bertz CT molecular complexity index is 833. The van der Waals surface area contributed by atoms with Gasteiger partial charge in [-0.1, -0.05) is 30.3 Å². The Morgan fingerprint density at radius 1 is 1.14 bits per heavy atom. The molecule has 21 heavy (non-hydrogen) atoms. The summed E-state index contributed by atoms with van der Waals surface area (Å²) in [4.78, 5) is 0.241. The second kappa shape index (κ2) is 4.83. The van der Waals surface area contributed by atoms with E-state index in [1.54, 1.807) is 18.2 Å². The third-order valence-electron chi connectivity index (χ3n) is 4.37. The molecule has 0 bridgehead atoms. The van der Waals surface area contributed by atoms with Gasteiger partial charge in [0, 0.05) is 7.05 Å². The molecule has 0 aliphatic heterocycles. The molecule has 0 spiro atoms. The maximum atomic E-state index is 12.7. The van der Waals surface area contributed by atoms with Crippen molar-refractivity contribution in [3.05, 3.63) is 42.5 Å². The van der Waals surface area contributed by atoms with Crippen LogP contribution in [0.1, 0.15) is 19.3 Å². The Balaban J connectivity index is 2.06. The van der Waals surface area contributed by atoms with Crippen molar-refractivity contribution in [1.82, 2.24) is 4.31 Å². The smallest absolute Gasteiger partial charge is 0.207 e. The highest BCUT2D eigenvalue weighted by molar-refractivity contribution is 7.89. The first kappa shape index (κ1) is 14.1. The molecule has 1 aliphatic carbocycles. The van der Waals surface area contributed by atoms with Crippen LogP contribution in [0, 0.1) is 11.3 Å². The van der Waals surface area contributed by atoms with E-state index in [-0.39, 0.29) is 4.90 Å². The number of nitriles is 1. The van der Waals surface area contributed by atoms with Crippen LogP contribution in [0.4, 0.5) is 0 Å². The fraction of sp³-hybridized carbons (Fsp3) is 0.312. The molecule has 2 aromatic carbocycles. The van der Waals surface area contributed by atoms with E-state index in [0.717, 1.165) is 17.2 Å². The summed E-state index contributed by atoms with van der Waals surface area (Å²) in [7, 11) is -2.14. The molecule has 0 heterocycles. The minimum Gasteiger partial charge on any atom is -0.207 e. The lowest BCUT2D eigenvalue weighted by atomic mass is 9.78. The van der Waals surface area contributed by atoms with Crippen LogP contribution in [-0.2, 0) is 10.0 Å². The van der Waals surface area contributed by atoms with Crippen molar-refractivity contribution in [2.24, 2.45) is 0 Å². The summed E-state index contributed by atoms with van der Waals surface area (Å²) in [6, 6.07) is 14.9. The van der Waals surface area contributed by atoms with Crippen LogP contribution in [0.3, 0.4) is 0 Å². The first-order chi connectivity index (χ1) is 9.99. The van der Waals surface area contributed by atoms with Crippen LogP contribution in [0.25, 0.3) is 10.8 Å². The molecule has 0 radical (unpaired) electrons. The van der Waals surface area contributed by atoms with Gasteiger partial charge >= 0.3 is 0 Å². The molecular formula is C16H16N2O2S. The van der Waals surface area contributed by atoms with Crippen molar-refractivity contribution < 1.29 is 8.42 Å². The van der Waals surface area contributed by atoms with Gasteiger partial charge < -0.3 is 0 Å². The van der Waals surface area contributed by atoms with Crippen LogP contribution in [0.2, 0.25) is 0 Å². The van der Waals surface area contributed by atoms with E-state index in [2.05, 4.69) is 6.07 Å². The Kier molecular flexibility index (Phi) is 3.23. The third-order valence-corrected chi connectivity index (χ3v) is 6.29. The molecule has 0 N–H and O–H groups in total. The second-order valence-corrected chi connectivity index (χ2v) is 7.45. The standard InChI is InChI=1S/C16H16N2O2S/c1-18(16(12-17)9-4-10-16)21(19,20)15-8-7-13-5-2-3-6-14(13)11-15/h2-3,5-8,11H,4,9-10H2,1H3. The van der Waals surface area contributed by atoms with E-state index in [4.69, 9.17) is 0 Å². The van der Waals surface area contributed by atoms with Crippen molar-refractivity contribution in [1.29, 1.82) is 5.26 Å². The summed E-state index contributed by atoms with van der Waals surface area (Å²) in [6.45, 7) is 0. The molecule has 0 saturated heterocycles. The Morgan fingerprint density at radius 2 is 1.81 bits per heavy atom. The number of nitrogens with zero attached hydrogens (tertiary/aromatic N) is 2. The minimum atomic E-state index is -3.65. The van der Waals surface area contributed by atoms with E-state index < -0.39 is 15.6 Å². The predicted molar refractivity (Wildman–Crippen MR) is 81.1 cm³/mol. The van der Waals surface area contributed by atoms with Gasteiger partial charge in [-0.05, 0) is 42.2 Å². The lowest BCUT2D eigenvalue weighted by molar-refractivity contribution is 0.171. The molecule has 3 rings (SSSR count). The summed E-state index contributed by atoms with van der Waals surface area (Å²) in [5.74, 6) is 0. The lowest BCUT2D eigenvalue weighted by Gasteiger charge is -2.41. The van der Waals surface area contributed by atoms with E-state index in [0.29, 0.717) is 12.8 Å². The predicted octanol–water partition coefficient (Wildman–Crippen LogP) is 2.91. The maximum Gasteiger partial charge on any atom is 0.244 e. The van der Waals surface area contributed by atoms with Gasteiger partial charge in [0.05, 0.1) is 11.0 Å². The summed E-state index contributed by atoms with van der Waals surface area (Å²) in [5, 5.41) is 11.2. The zero-order valence-corrected chi connectivity index (χ0v) is 12.6. The average Bonchev–Trinajstić information content (AvgIpc) is 2.46. The van der Waals surface area contributed by atoms with E-state index in [9.17, 15) is 13.7 Å². The van der Waals surface area contributed by atoms with Crippen molar-refractivity contribution in [3.63, 3.8) is 0 Å². The monoisotopic (exact) mass is 300 g/mol. The normalized spacial score (nSPS) is 17.4. The number of hydrogen-bond acceptors (Lipinski definition) is 3. The molecule has 5 heteroatoms. The topological polar surface area (TPSA) is 61.2 Å². The van der Waals surface area contributed by atoms with Crippen LogP contribution in [0.5, 0.6) is 0 Å².